The quantitative estimate of drug-likeness (QED) is 0.880. The standard InChI is InChI=1S/C15H21ClO2/c1-18-15-8-7-12(16)10-13(15)14(17)9-11-5-3-2-4-6-11/h7-8,10-11,14,17H,2-6,9H2,1H3. The minimum Gasteiger partial charge on any atom is -0.496 e. The van der Waals surface area contributed by atoms with E-state index in [9.17, 15) is 5.11 Å². The van der Waals surface area contributed by atoms with Crippen LogP contribution >= 0.6 is 11.6 Å². The molecule has 1 fully saturated rings. The second-order valence-electron chi connectivity index (χ2n) is 5.14. The highest BCUT2D eigenvalue weighted by Gasteiger charge is 2.21. The normalized spacial score (nSPS) is 18.6. The summed E-state index contributed by atoms with van der Waals surface area (Å²) < 4.78 is 5.29. The fraction of sp³-hybridized carbons (Fsp3) is 0.600. The number of hydrogen-bond acceptors (Lipinski definition) is 2. The summed E-state index contributed by atoms with van der Waals surface area (Å²) in [6.45, 7) is 0. The zero-order valence-electron chi connectivity index (χ0n) is 10.9. The van der Waals surface area contributed by atoms with Crippen molar-refractivity contribution in [3.63, 3.8) is 0 Å². The number of hydrogen-bond donors (Lipinski definition) is 1. The van der Waals surface area contributed by atoms with Gasteiger partial charge < -0.3 is 9.84 Å². The van der Waals surface area contributed by atoms with Crippen molar-refractivity contribution in [1.29, 1.82) is 0 Å². The zero-order chi connectivity index (χ0) is 13.0. The maximum absolute atomic E-state index is 10.4. The summed E-state index contributed by atoms with van der Waals surface area (Å²) in [7, 11) is 1.63. The highest BCUT2D eigenvalue weighted by molar-refractivity contribution is 6.30. The van der Waals surface area contributed by atoms with Crippen molar-refractivity contribution in [1.82, 2.24) is 0 Å². The van der Waals surface area contributed by atoms with E-state index < -0.39 is 6.10 Å². The molecule has 18 heavy (non-hydrogen) atoms. The molecule has 0 saturated heterocycles. The minimum absolute atomic E-state index is 0.471. The number of halogens is 1. The molecule has 1 aromatic rings. The first kappa shape index (κ1) is 13.7. The zero-order valence-corrected chi connectivity index (χ0v) is 11.6. The minimum atomic E-state index is -0.471. The van der Waals surface area contributed by atoms with Gasteiger partial charge in [0.25, 0.3) is 0 Å². The second kappa shape index (κ2) is 6.44. The average molecular weight is 269 g/mol. The Kier molecular flexibility index (Phi) is 4.90. The van der Waals surface area contributed by atoms with Gasteiger partial charge in [-0.3, -0.25) is 0 Å². The Bertz CT molecular complexity index is 386. The number of rotatable bonds is 4. The summed E-state index contributed by atoms with van der Waals surface area (Å²) in [6.07, 6.45) is 6.75. The Labute approximate surface area is 114 Å². The first-order valence-corrected chi connectivity index (χ1v) is 7.10. The van der Waals surface area contributed by atoms with Gasteiger partial charge in [-0.1, -0.05) is 43.7 Å². The van der Waals surface area contributed by atoms with Crippen LogP contribution < -0.4 is 4.74 Å². The van der Waals surface area contributed by atoms with Gasteiger partial charge in [0.1, 0.15) is 5.75 Å². The van der Waals surface area contributed by atoms with Crippen LogP contribution in [0.15, 0.2) is 18.2 Å². The molecule has 1 saturated carbocycles. The summed E-state index contributed by atoms with van der Waals surface area (Å²) in [5, 5.41) is 11.0. The van der Waals surface area contributed by atoms with Gasteiger partial charge >= 0.3 is 0 Å². The van der Waals surface area contributed by atoms with Crippen LogP contribution in [0.4, 0.5) is 0 Å². The second-order valence-corrected chi connectivity index (χ2v) is 5.58. The molecular formula is C15H21ClO2. The monoisotopic (exact) mass is 268 g/mol. The molecule has 0 aromatic heterocycles. The maximum atomic E-state index is 10.4. The summed E-state index contributed by atoms with van der Waals surface area (Å²) in [6, 6.07) is 5.42. The van der Waals surface area contributed by atoms with Crippen molar-refractivity contribution in [3.8, 4) is 5.75 Å². The van der Waals surface area contributed by atoms with Gasteiger partial charge in [-0.05, 0) is 30.5 Å². The van der Waals surface area contributed by atoms with Gasteiger partial charge in [0.2, 0.25) is 0 Å². The molecule has 2 rings (SSSR count). The smallest absolute Gasteiger partial charge is 0.124 e. The molecule has 0 aliphatic heterocycles. The number of aliphatic hydroxyl groups excluding tert-OH is 1. The fourth-order valence-corrected chi connectivity index (χ4v) is 3.01. The summed E-state index contributed by atoms with van der Waals surface area (Å²) >= 11 is 5.99. The Morgan fingerprint density at radius 2 is 2.06 bits per heavy atom. The molecular weight excluding hydrogens is 248 g/mol. The predicted molar refractivity (Wildman–Crippen MR) is 74.2 cm³/mol. The van der Waals surface area contributed by atoms with Gasteiger partial charge in [0.05, 0.1) is 13.2 Å². The van der Waals surface area contributed by atoms with Gasteiger partial charge in [-0.15, -0.1) is 0 Å². The Morgan fingerprint density at radius 3 is 2.72 bits per heavy atom. The maximum Gasteiger partial charge on any atom is 0.124 e. The molecule has 1 aliphatic rings. The van der Waals surface area contributed by atoms with Crippen molar-refractivity contribution < 1.29 is 9.84 Å². The lowest BCUT2D eigenvalue weighted by molar-refractivity contribution is 0.128. The average Bonchev–Trinajstić information content (AvgIpc) is 2.40. The summed E-state index contributed by atoms with van der Waals surface area (Å²) in [5.41, 5.74) is 0.815. The van der Waals surface area contributed by atoms with Crippen LogP contribution in [-0.2, 0) is 0 Å². The van der Waals surface area contributed by atoms with Crippen LogP contribution in [0.5, 0.6) is 5.75 Å². The Balaban J connectivity index is 2.07. The van der Waals surface area contributed by atoms with Crippen molar-refractivity contribution in [3.05, 3.63) is 28.8 Å². The van der Waals surface area contributed by atoms with Crippen molar-refractivity contribution >= 4 is 11.6 Å². The van der Waals surface area contributed by atoms with Crippen LogP contribution in [0.3, 0.4) is 0 Å². The van der Waals surface area contributed by atoms with Crippen LogP contribution in [0.1, 0.15) is 50.2 Å². The molecule has 1 N–H and O–H groups in total. The SMILES string of the molecule is COc1ccc(Cl)cc1C(O)CC1CCCCC1. The number of aliphatic hydroxyl groups is 1. The van der Waals surface area contributed by atoms with Gasteiger partial charge in [-0.25, -0.2) is 0 Å². The predicted octanol–water partition coefficient (Wildman–Crippen LogP) is 4.35. The van der Waals surface area contributed by atoms with E-state index >= 15 is 0 Å². The number of ether oxygens (including phenoxy) is 1. The fourth-order valence-electron chi connectivity index (χ4n) is 2.83. The third-order valence-electron chi connectivity index (χ3n) is 3.83. The first-order chi connectivity index (χ1) is 8.70. The molecule has 0 radical (unpaired) electrons. The van der Waals surface area contributed by atoms with Gasteiger partial charge in [0.15, 0.2) is 0 Å². The lowest BCUT2D eigenvalue weighted by Gasteiger charge is -2.25. The molecule has 1 atom stereocenters. The van der Waals surface area contributed by atoms with Crippen molar-refractivity contribution in [2.24, 2.45) is 5.92 Å². The molecule has 1 aliphatic carbocycles. The lowest BCUT2D eigenvalue weighted by Crippen LogP contribution is -2.11. The van der Waals surface area contributed by atoms with E-state index in [1.807, 2.05) is 12.1 Å². The van der Waals surface area contributed by atoms with Crippen LogP contribution in [-0.4, -0.2) is 12.2 Å². The van der Waals surface area contributed by atoms with Crippen molar-refractivity contribution in [2.75, 3.05) is 7.11 Å². The lowest BCUT2D eigenvalue weighted by atomic mass is 9.84. The highest BCUT2D eigenvalue weighted by atomic mass is 35.5. The molecule has 0 bridgehead atoms. The highest BCUT2D eigenvalue weighted by Crippen LogP contribution is 2.35. The van der Waals surface area contributed by atoms with E-state index in [2.05, 4.69) is 0 Å². The number of methoxy groups -OCH3 is 1. The Hall–Kier alpha value is -0.730. The van der Waals surface area contributed by atoms with Crippen LogP contribution in [0.25, 0.3) is 0 Å². The first-order valence-electron chi connectivity index (χ1n) is 6.72. The summed E-state index contributed by atoms with van der Waals surface area (Å²) in [5.74, 6) is 1.36. The van der Waals surface area contributed by atoms with E-state index in [0.29, 0.717) is 10.9 Å². The molecule has 3 heteroatoms. The topological polar surface area (TPSA) is 29.5 Å². The molecule has 1 unspecified atom stereocenters. The molecule has 2 nitrogen and oxygen atoms in total. The number of benzene rings is 1. The van der Waals surface area contributed by atoms with Crippen molar-refractivity contribution in [2.45, 2.75) is 44.6 Å². The third kappa shape index (κ3) is 3.39. The van der Waals surface area contributed by atoms with E-state index in [0.717, 1.165) is 17.7 Å². The third-order valence-corrected chi connectivity index (χ3v) is 4.07. The van der Waals surface area contributed by atoms with Crippen LogP contribution in [0, 0.1) is 5.92 Å². The van der Waals surface area contributed by atoms with Gasteiger partial charge in [0, 0.05) is 10.6 Å². The molecule has 100 valence electrons. The molecule has 1 aromatic carbocycles. The van der Waals surface area contributed by atoms with E-state index in [1.165, 1.54) is 32.1 Å². The molecule has 0 heterocycles. The molecule has 0 amide bonds. The largest absolute Gasteiger partial charge is 0.496 e. The van der Waals surface area contributed by atoms with E-state index in [-0.39, 0.29) is 0 Å². The summed E-state index contributed by atoms with van der Waals surface area (Å²) in [4.78, 5) is 0. The molecule has 0 spiro atoms. The Morgan fingerprint density at radius 1 is 1.33 bits per heavy atom. The van der Waals surface area contributed by atoms with Crippen LogP contribution in [0.2, 0.25) is 5.02 Å². The van der Waals surface area contributed by atoms with E-state index in [1.54, 1.807) is 13.2 Å². The van der Waals surface area contributed by atoms with E-state index in [4.69, 9.17) is 16.3 Å². The van der Waals surface area contributed by atoms with Gasteiger partial charge in [-0.2, -0.15) is 0 Å².